The molecule has 1 saturated heterocycles. The van der Waals surface area contributed by atoms with Crippen molar-refractivity contribution in [2.75, 3.05) is 6.61 Å². The maximum absolute atomic E-state index is 11.6. The van der Waals surface area contributed by atoms with Crippen molar-refractivity contribution < 1.29 is 9.53 Å². The summed E-state index contributed by atoms with van der Waals surface area (Å²) >= 11 is 0. The van der Waals surface area contributed by atoms with Crippen LogP contribution in [0.1, 0.15) is 39.0 Å². The third-order valence-corrected chi connectivity index (χ3v) is 3.50. The number of hydrogen-bond acceptors (Lipinski definition) is 2. The van der Waals surface area contributed by atoms with Gasteiger partial charge < -0.3 is 4.74 Å². The van der Waals surface area contributed by atoms with E-state index in [4.69, 9.17) is 4.74 Å². The zero-order chi connectivity index (χ0) is 9.26. The summed E-state index contributed by atoms with van der Waals surface area (Å²) in [4.78, 5) is 11.6. The molecule has 0 aromatic carbocycles. The summed E-state index contributed by atoms with van der Waals surface area (Å²) in [6.45, 7) is 2.81. The van der Waals surface area contributed by atoms with Gasteiger partial charge in [-0.2, -0.15) is 0 Å². The van der Waals surface area contributed by atoms with E-state index in [-0.39, 0.29) is 11.9 Å². The lowest BCUT2D eigenvalue weighted by atomic mass is 9.88. The van der Waals surface area contributed by atoms with Gasteiger partial charge in [0.1, 0.15) is 0 Å². The number of rotatable bonds is 0. The average molecular weight is 182 g/mol. The van der Waals surface area contributed by atoms with Crippen molar-refractivity contribution in [2.24, 2.45) is 17.8 Å². The molecule has 3 unspecified atom stereocenters. The van der Waals surface area contributed by atoms with E-state index in [0.29, 0.717) is 18.4 Å². The molecule has 2 rings (SSSR count). The maximum atomic E-state index is 11.6. The molecule has 13 heavy (non-hydrogen) atoms. The monoisotopic (exact) mass is 182 g/mol. The maximum Gasteiger partial charge on any atom is 0.309 e. The molecule has 2 fully saturated rings. The van der Waals surface area contributed by atoms with Crippen LogP contribution < -0.4 is 0 Å². The van der Waals surface area contributed by atoms with Crippen molar-refractivity contribution in [2.45, 2.75) is 39.0 Å². The normalized spacial score (nSPS) is 40.4. The average Bonchev–Trinajstić information content (AvgIpc) is 2.56. The summed E-state index contributed by atoms with van der Waals surface area (Å²) < 4.78 is 5.27. The van der Waals surface area contributed by atoms with Crippen LogP contribution in [0.4, 0.5) is 0 Å². The Morgan fingerprint density at radius 1 is 1.23 bits per heavy atom. The fraction of sp³-hybridized carbons (Fsp3) is 0.909. The van der Waals surface area contributed by atoms with Gasteiger partial charge in [0.25, 0.3) is 0 Å². The van der Waals surface area contributed by atoms with Gasteiger partial charge in [-0.3, -0.25) is 4.79 Å². The van der Waals surface area contributed by atoms with Crippen LogP contribution in [0.5, 0.6) is 0 Å². The highest BCUT2D eigenvalue weighted by Gasteiger charge is 2.35. The largest absolute Gasteiger partial charge is 0.465 e. The van der Waals surface area contributed by atoms with Crippen LogP contribution in [0.2, 0.25) is 0 Å². The predicted molar refractivity (Wildman–Crippen MR) is 50.2 cm³/mol. The van der Waals surface area contributed by atoms with Crippen LogP contribution in [-0.4, -0.2) is 12.6 Å². The Morgan fingerprint density at radius 3 is 2.92 bits per heavy atom. The minimum absolute atomic E-state index is 0.0778. The highest BCUT2D eigenvalue weighted by Crippen LogP contribution is 2.37. The summed E-state index contributed by atoms with van der Waals surface area (Å²) in [5.41, 5.74) is 0. The molecular formula is C11H18O2. The topological polar surface area (TPSA) is 26.3 Å². The molecule has 3 atom stereocenters. The number of ether oxygens (including phenoxy) is 1. The second-order valence-electron chi connectivity index (χ2n) is 4.61. The fourth-order valence-electron chi connectivity index (χ4n) is 2.61. The highest BCUT2D eigenvalue weighted by molar-refractivity contribution is 5.73. The molecule has 0 aromatic rings. The summed E-state index contributed by atoms with van der Waals surface area (Å²) in [5, 5.41) is 0. The van der Waals surface area contributed by atoms with Gasteiger partial charge in [0.2, 0.25) is 0 Å². The van der Waals surface area contributed by atoms with Gasteiger partial charge in [-0.05, 0) is 37.5 Å². The smallest absolute Gasteiger partial charge is 0.309 e. The lowest BCUT2D eigenvalue weighted by Gasteiger charge is -2.24. The molecule has 0 aromatic heterocycles. The standard InChI is InChI=1S/C11H18O2/c1-8-5-6-9-3-2-4-10(9)11(12)13-7-8/h8-10H,2-7H2,1H3. The summed E-state index contributed by atoms with van der Waals surface area (Å²) in [7, 11) is 0. The molecule has 2 heteroatoms. The zero-order valence-electron chi connectivity index (χ0n) is 8.29. The molecule has 0 amide bonds. The van der Waals surface area contributed by atoms with Crippen LogP contribution in [0.25, 0.3) is 0 Å². The van der Waals surface area contributed by atoms with Gasteiger partial charge in [0.05, 0.1) is 12.5 Å². The van der Waals surface area contributed by atoms with Gasteiger partial charge in [-0.1, -0.05) is 13.3 Å². The first-order valence-electron chi connectivity index (χ1n) is 5.44. The molecule has 1 aliphatic heterocycles. The van der Waals surface area contributed by atoms with Crippen LogP contribution in [0.15, 0.2) is 0 Å². The first-order chi connectivity index (χ1) is 6.27. The van der Waals surface area contributed by atoms with Crippen molar-refractivity contribution in [3.8, 4) is 0 Å². The third kappa shape index (κ3) is 1.87. The van der Waals surface area contributed by atoms with Gasteiger partial charge in [0.15, 0.2) is 0 Å². The van der Waals surface area contributed by atoms with Gasteiger partial charge in [0, 0.05) is 0 Å². The van der Waals surface area contributed by atoms with Crippen LogP contribution in [0, 0.1) is 17.8 Å². The van der Waals surface area contributed by atoms with Crippen molar-refractivity contribution in [1.29, 1.82) is 0 Å². The second-order valence-corrected chi connectivity index (χ2v) is 4.61. The van der Waals surface area contributed by atoms with Crippen molar-refractivity contribution in [3.05, 3.63) is 0 Å². The van der Waals surface area contributed by atoms with E-state index in [1.165, 1.54) is 25.7 Å². The molecule has 2 nitrogen and oxygen atoms in total. The molecule has 1 heterocycles. The van der Waals surface area contributed by atoms with Crippen molar-refractivity contribution >= 4 is 5.97 Å². The van der Waals surface area contributed by atoms with E-state index >= 15 is 0 Å². The minimum Gasteiger partial charge on any atom is -0.465 e. The molecule has 0 spiro atoms. The van der Waals surface area contributed by atoms with Crippen molar-refractivity contribution in [3.63, 3.8) is 0 Å². The Labute approximate surface area is 79.7 Å². The lowest BCUT2D eigenvalue weighted by molar-refractivity contribution is -0.152. The number of carbonyl (C=O) groups excluding carboxylic acids is 1. The molecule has 2 aliphatic rings. The quantitative estimate of drug-likeness (QED) is 0.538. The SMILES string of the molecule is CC1CCC2CCCC2C(=O)OC1. The van der Waals surface area contributed by atoms with Crippen LogP contribution in [0.3, 0.4) is 0 Å². The molecule has 0 N–H and O–H groups in total. The van der Waals surface area contributed by atoms with Crippen LogP contribution in [-0.2, 0) is 9.53 Å². The number of esters is 1. The molecule has 0 bridgehead atoms. The highest BCUT2D eigenvalue weighted by atomic mass is 16.5. The van der Waals surface area contributed by atoms with Gasteiger partial charge in [-0.15, -0.1) is 0 Å². The number of cyclic esters (lactones) is 1. The van der Waals surface area contributed by atoms with E-state index in [0.717, 1.165) is 6.42 Å². The third-order valence-electron chi connectivity index (χ3n) is 3.50. The predicted octanol–water partition coefficient (Wildman–Crippen LogP) is 2.38. The summed E-state index contributed by atoms with van der Waals surface area (Å²) in [5.74, 6) is 1.52. The Hall–Kier alpha value is -0.530. The van der Waals surface area contributed by atoms with Crippen LogP contribution >= 0.6 is 0 Å². The Bertz CT molecular complexity index is 200. The van der Waals surface area contributed by atoms with E-state index in [1.807, 2.05) is 0 Å². The Kier molecular flexibility index (Phi) is 2.56. The molecule has 1 aliphatic carbocycles. The van der Waals surface area contributed by atoms with Gasteiger partial charge >= 0.3 is 5.97 Å². The fourth-order valence-corrected chi connectivity index (χ4v) is 2.61. The molecular weight excluding hydrogens is 164 g/mol. The second kappa shape index (κ2) is 3.69. The van der Waals surface area contributed by atoms with E-state index in [1.54, 1.807) is 0 Å². The van der Waals surface area contributed by atoms with E-state index in [9.17, 15) is 4.79 Å². The number of hydrogen-bond donors (Lipinski definition) is 0. The molecule has 0 radical (unpaired) electrons. The van der Waals surface area contributed by atoms with Crippen molar-refractivity contribution in [1.82, 2.24) is 0 Å². The minimum atomic E-state index is 0.0778. The molecule has 74 valence electrons. The lowest BCUT2D eigenvalue weighted by Crippen LogP contribution is -2.26. The Morgan fingerprint density at radius 2 is 2.08 bits per heavy atom. The zero-order valence-corrected chi connectivity index (χ0v) is 8.29. The van der Waals surface area contributed by atoms with E-state index in [2.05, 4.69) is 6.92 Å². The first kappa shape index (κ1) is 9.04. The first-order valence-corrected chi connectivity index (χ1v) is 5.44. The Balaban J connectivity index is 2.03. The summed E-state index contributed by atoms with van der Waals surface area (Å²) in [6.07, 6.45) is 6.00. The molecule has 1 saturated carbocycles. The van der Waals surface area contributed by atoms with Gasteiger partial charge in [-0.25, -0.2) is 0 Å². The summed E-state index contributed by atoms with van der Waals surface area (Å²) in [6, 6.07) is 0. The van der Waals surface area contributed by atoms with E-state index < -0.39 is 0 Å². The number of carbonyl (C=O) groups is 1. The number of fused-ring (bicyclic) bond motifs is 1.